The molecule has 0 radical (unpaired) electrons. The van der Waals surface area contributed by atoms with Gasteiger partial charge in [0.15, 0.2) is 0 Å². The van der Waals surface area contributed by atoms with Crippen LogP contribution in [0.25, 0.3) is 0 Å². The molecule has 1 aromatic carbocycles. The van der Waals surface area contributed by atoms with Crippen LogP contribution in [0.5, 0.6) is 5.75 Å². The number of hydrogen-bond donors (Lipinski definition) is 1. The first-order valence-corrected chi connectivity index (χ1v) is 7.82. The van der Waals surface area contributed by atoms with Crippen LogP contribution in [0.3, 0.4) is 0 Å². The summed E-state index contributed by atoms with van der Waals surface area (Å²) in [6.45, 7) is 5.56. The first-order valence-electron chi connectivity index (χ1n) is 7.82. The molecule has 0 spiro atoms. The number of nitrogens with zero attached hydrogens (tertiary/aromatic N) is 1. The summed E-state index contributed by atoms with van der Waals surface area (Å²) in [7, 11) is 0. The van der Waals surface area contributed by atoms with Gasteiger partial charge in [0.05, 0.1) is 13.1 Å². The summed E-state index contributed by atoms with van der Waals surface area (Å²) in [5.74, 6) is 3.72. The molecule has 22 heavy (non-hydrogen) atoms. The second-order valence-corrected chi connectivity index (χ2v) is 5.71. The molecule has 0 aliphatic carbocycles. The summed E-state index contributed by atoms with van der Waals surface area (Å²) in [5, 5.41) is 2.96. The van der Waals surface area contributed by atoms with Crippen molar-refractivity contribution in [3.63, 3.8) is 0 Å². The molecule has 0 saturated carbocycles. The smallest absolute Gasteiger partial charge is 0.223 e. The topological polar surface area (TPSA) is 41.6 Å². The minimum atomic E-state index is 0.105. The largest absolute Gasteiger partial charge is 0.492 e. The molecule has 1 N–H and O–H groups in total. The predicted molar refractivity (Wildman–Crippen MR) is 87.7 cm³/mol. The molecular formula is C18H24N2O2. The van der Waals surface area contributed by atoms with Gasteiger partial charge in [-0.2, -0.15) is 0 Å². The number of carbonyl (C=O) groups is 1. The molecule has 1 fully saturated rings. The molecule has 4 nitrogen and oxygen atoms in total. The lowest BCUT2D eigenvalue weighted by Gasteiger charge is -2.29. The minimum absolute atomic E-state index is 0.105. The van der Waals surface area contributed by atoms with Crippen molar-refractivity contribution in [2.24, 2.45) is 5.92 Å². The van der Waals surface area contributed by atoms with Crippen molar-refractivity contribution >= 4 is 5.91 Å². The maximum Gasteiger partial charge on any atom is 0.223 e. The lowest BCUT2D eigenvalue weighted by molar-refractivity contribution is -0.126. The minimum Gasteiger partial charge on any atom is -0.492 e. The van der Waals surface area contributed by atoms with E-state index in [4.69, 9.17) is 11.2 Å². The van der Waals surface area contributed by atoms with E-state index in [1.807, 2.05) is 31.2 Å². The van der Waals surface area contributed by atoms with E-state index in [0.29, 0.717) is 19.7 Å². The highest BCUT2D eigenvalue weighted by molar-refractivity contribution is 5.78. The van der Waals surface area contributed by atoms with E-state index in [1.165, 1.54) is 5.56 Å². The number of hydrogen-bond acceptors (Lipinski definition) is 3. The normalized spacial score (nSPS) is 16.0. The van der Waals surface area contributed by atoms with Crippen LogP contribution in [0.15, 0.2) is 24.3 Å². The fraction of sp³-hybridized carbons (Fsp3) is 0.500. The first kappa shape index (κ1) is 16.4. The third kappa shape index (κ3) is 5.09. The number of terminal acetylenes is 1. The average Bonchev–Trinajstić information content (AvgIpc) is 2.54. The van der Waals surface area contributed by atoms with E-state index < -0.39 is 0 Å². The van der Waals surface area contributed by atoms with Crippen LogP contribution in [0.2, 0.25) is 0 Å². The Morgan fingerprint density at radius 2 is 2.05 bits per heavy atom. The van der Waals surface area contributed by atoms with Crippen molar-refractivity contribution in [2.45, 2.75) is 19.8 Å². The molecule has 118 valence electrons. The van der Waals surface area contributed by atoms with Gasteiger partial charge in [-0.05, 0) is 45.0 Å². The average molecular weight is 300 g/mol. The van der Waals surface area contributed by atoms with Crippen LogP contribution in [-0.4, -0.2) is 43.6 Å². The Labute approximate surface area is 132 Å². The zero-order valence-electron chi connectivity index (χ0n) is 13.2. The Morgan fingerprint density at radius 1 is 1.36 bits per heavy atom. The van der Waals surface area contributed by atoms with Gasteiger partial charge in [0.25, 0.3) is 0 Å². The fourth-order valence-corrected chi connectivity index (χ4v) is 2.60. The molecule has 1 saturated heterocycles. The summed E-state index contributed by atoms with van der Waals surface area (Å²) in [5.41, 5.74) is 1.21. The Kier molecular flexibility index (Phi) is 6.29. The van der Waals surface area contributed by atoms with Crippen molar-refractivity contribution in [1.29, 1.82) is 0 Å². The predicted octanol–water partition coefficient (Wildman–Crippen LogP) is 1.84. The molecule has 1 aromatic rings. The Hall–Kier alpha value is -1.99. The first-order chi connectivity index (χ1) is 10.7. The van der Waals surface area contributed by atoms with E-state index >= 15 is 0 Å². The number of likely N-dealkylation sites (tertiary alicyclic amines) is 1. The van der Waals surface area contributed by atoms with Gasteiger partial charge in [0.2, 0.25) is 5.91 Å². The summed E-state index contributed by atoms with van der Waals surface area (Å²) in [6.07, 6.45) is 7.07. The highest BCUT2D eigenvalue weighted by atomic mass is 16.5. The number of ether oxygens (including phenoxy) is 1. The van der Waals surface area contributed by atoms with Crippen molar-refractivity contribution in [3.8, 4) is 18.1 Å². The van der Waals surface area contributed by atoms with E-state index in [1.54, 1.807) is 0 Å². The number of nitrogens with one attached hydrogen (secondary N) is 1. The number of rotatable bonds is 6. The highest BCUT2D eigenvalue weighted by Gasteiger charge is 2.24. The third-order valence-electron chi connectivity index (χ3n) is 3.96. The Bertz CT molecular complexity index is 511. The maximum absolute atomic E-state index is 12.1. The highest BCUT2D eigenvalue weighted by Crippen LogP contribution is 2.16. The molecule has 1 aliphatic heterocycles. The summed E-state index contributed by atoms with van der Waals surface area (Å²) < 4.78 is 5.60. The second kappa shape index (κ2) is 8.45. The van der Waals surface area contributed by atoms with Gasteiger partial charge in [-0.15, -0.1) is 6.42 Å². The van der Waals surface area contributed by atoms with Crippen LogP contribution in [0.1, 0.15) is 18.4 Å². The summed E-state index contributed by atoms with van der Waals surface area (Å²) in [6, 6.07) is 7.91. The van der Waals surface area contributed by atoms with Gasteiger partial charge >= 0.3 is 0 Å². The molecule has 2 rings (SSSR count). The van der Waals surface area contributed by atoms with Gasteiger partial charge in [0.1, 0.15) is 12.4 Å². The number of amides is 1. The number of aryl methyl sites for hydroxylation is 1. The lowest BCUT2D eigenvalue weighted by atomic mass is 9.96. The zero-order chi connectivity index (χ0) is 15.8. The molecule has 1 aliphatic rings. The van der Waals surface area contributed by atoms with Crippen molar-refractivity contribution in [1.82, 2.24) is 10.2 Å². The molecule has 0 atom stereocenters. The second-order valence-electron chi connectivity index (χ2n) is 5.71. The Balaban J connectivity index is 1.62. The monoisotopic (exact) mass is 300 g/mol. The van der Waals surface area contributed by atoms with E-state index in [0.717, 1.165) is 31.7 Å². The van der Waals surface area contributed by atoms with Crippen LogP contribution < -0.4 is 10.1 Å². The fourth-order valence-electron chi connectivity index (χ4n) is 2.60. The van der Waals surface area contributed by atoms with Crippen molar-refractivity contribution < 1.29 is 9.53 Å². The maximum atomic E-state index is 12.1. The molecule has 1 heterocycles. The molecule has 0 bridgehead atoms. The van der Waals surface area contributed by atoms with Crippen LogP contribution >= 0.6 is 0 Å². The third-order valence-corrected chi connectivity index (χ3v) is 3.96. The SMILES string of the molecule is C#CCN1CCC(C(=O)NCCOc2ccc(C)cc2)CC1. The summed E-state index contributed by atoms with van der Waals surface area (Å²) >= 11 is 0. The van der Waals surface area contributed by atoms with Gasteiger partial charge < -0.3 is 10.1 Å². The van der Waals surface area contributed by atoms with E-state index in [-0.39, 0.29) is 11.8 Å². The van der Waals surface area contributed by atoms with Gasteiger partial charge in [-0.25, -0.2) is 0 Å². The van der Waals surface area contributed by atoms with Crippen LogP contribution in [-0.2, 0) is 4.79 Å². The number of benzene rings is 1. The zero-order valence-corrected chi connectivity index (χ0v) is 13.2. The van der Waals surface area contributed by atoms with Gasteiger partial charge in [0, 0.05) is 5.92 Å². The van der Waals surface area contributed by atoms with Crippen molar-refractivity contribution in [3.05, 3.63) is 29.8 Å². The molecule has 0 unspecified atom stereocenters. The number of carbonyl (C=O) groups excluding carboxylic acids is 1. The molecule has 4 heteroatoms. The standard InChI is InChI=1S/C18H24N2O2/c1-3-11-20-12-8-16(9-13-20)18(21)19-10-14-22-17-6-4-15(2)5-7-17/h1,4-7,16H,8-14H2,2H3,(H,19,21). The van der Waals surface area contributed by atoms with Crippen LogP contribution in [0, 0.1) is 25.2 Å². The quantitative estimate of drug-likeness (QED) is 0.644. The Morgan fingerprint density at radius 3 is 2.68 bits per heavy atom. The van der Waals surface area contributed by atoms with Gasteiger partial charge in [-0.3, -0.25) is 9.69 Å². The molecular weight excluding hydrogens is 276 g/mol. The van der Waals surface area contributed by atoms with E-state index in [2.05, 4.69) is 16.1 Å². The molecule has 1 amide bonds. The van der Waals surface area contributed by atoms with Gasteiger partial charge in [-0.1, -0.05) is 23.6 Å². The van der Waals surface area contributed by atoms with Crippen LogP contribution in [0.4, 0.5) is 0 Å². The lowest BCUT2D eigenvalue weighted by Crippen LogP contribution is -2.41. The number of piperidine rings is 1. The van der Waals surface area contributed by atoms with E-state index in [9.17, 15) is 4.79 Å². The van der Waals surface area contributed by atoms with Crippen molar-refractivity contribution in [2.75, 3.05) is 32.8 Å². The molecule has 0 aromatic heterocycles. The summed E-state index contributed by atoms with van der Waals surface area (Å²) in [4.78, 5) is 14.3.